The third-order valence-corrected chi connectivity index (χ3v) is 9.95. The van der Waals surface area contributed by atoms with E-state index in [9.17, 15) is 4.39 Å². The Hall–Kier alpha value is -3.02. The predicted octanol–water partition coefficient (Wildman–Crippen LogP) is 9.27. The molecule has 0 atom stereocenters. The number of benzene rings is 3. The van der Waals surface area contributed by atoms with E-state index < -0.39 is 8.07 Å². The summed E-state index contributed by atoms with van der Waals surface area (Å²) in [4.78, 5) is 8.83. The summed E-state index contributed by atoms with van der Waals surface area (Å²) in [5.41, 5.74) is 4.49. The third kappa shape index (κ3) is 6.47. The van der Waals surface area contributed by atoms with Gasteiger partial charge in [-0.25, -0.2) is 4.39 Å². The number of thiophene rings is 1. The van der Waals surface area contributed by atoms with Crippen LogP contribution in [0.2, 0.25) is 19.6 Å². The summed E-state index contributed by atoms with van der Waals surface area (Å²) in [5.74, 6) is -0.120. The van der Waals surface area contributed by atoms with E-state index in [0.717, 1.165) is 27.2 Å². The molecule has 0 spiro atoms. The summed E-state index contributed by atoms with van der Waals surface area (Å²) in [5, 5.41) is 3.85. The molecule has 205 valence electrons. The van der Waals surface area contributed by atoms with Crippen LogP contribution in [0.3, 0.4) is 0 Å². The van der Waals surface area contributed by atoms with Crippen molar-refractivity contribution in [3.8, 4) is 22.5 Å². The van der Waals surface area contributed by atoms with Gasteiger partial charge in [0.15, 0.2) is 0 Å². The van der Waals surface area contributed by atoms with Crippen LogP contribution in [0, 0.1) is 17.9 Å². The van der Waals surface area contributed by atoms with Crippen LogP contribution in [0.4, 0.5) is 4.39 Å². The van der Waals surface area contributed by atoms with Crippen molar-refractivity contribution in [3.05, 3.63) is 115 Å². The molecule has 0 saturated heterocycles. The number of aromatic nitrogens is 2. The molecule has 0 amide bonds. The minimum Gasteiger partial charge on any atom is -0.305 e. The molecule has 0 aliphatic rings. The molecule has 0 N–H and O–H groups in total. The second-order valence-corrected chi connectivity index (χ2v) is 17.0. The quantitative estimate of drug-likeness (QED) is 0.133. The molecule has 1 radical (unpaired) electrons. The van der Waals surface area contributed by atoms with E-state index in [0.29, 0.717) is 5.56 Å². The third-order valence-electron chi connectivity index (χ3n) is 6.72. The van der Waals surface area contributed by atoms with Gasteiger partial charge in [-0.1, -0.05) is 75.3 Å². The van der Waals surface area contributed by atoms with Crippen LogP contribution >= 0.6 is 11.3 Å². The van der Waals surface area contributed by atoms with E-state index in [1.165, 1.54) is 26.9 Å². The van der Waals surface area contributed by atoms with Gasteiger partial charge in [-0.2, -0.15) is 11.3 Å². The first kappa shape index (κ1) is 29.9. The van der Waals surface area contributed by atoms with Crippen LogP contribution in [-0.2, 0) is 20.1 Å². The number of pyridine rings is 2. The Morgan fingerprint density at radius 1 is 0.800 bits per heavy atom. The summed E-state index contributed by atoms with van der Waals surface area (Å²) in [7, 11) is -1.23. The predicted molar refractivity (Wildman–Crippen MR) is 167 cm³/mol. The SMILES string of the molecule is CC(C)c1cc(-c2[c-]ccc3c2sc2ccccc23)ncc1F.C[Si](C)(C)c1ccc(-c2[c-]cccc2)nc1.[Ir]. The van der Waals surface area contributed by atoms with Crippen molar-refractivity contribution in [3.63, 3.8) is 0 Å². The largest absolute Gasteiger partial charge is 0.305 e. The zero-order valence-corrected chi connectivity index (χ0v) is 27.5. The maximum Gasteiger partial charge on any atom is 0.143 e. The van der Waals surface area contributed by atoms with Crippen LogP contribution in [-0.4, -0.2) is 18.0 Å². The Labute approximate surface area is 254 Å². The molecule has 40 heavy (non-hydrogen) atoms. The number of nitrogens with zero attached hydrogens (tertiary/aromatic N) is 2. The second kappa shape index (κ2) is 12.7. The summed E-state index contributed by atoms with van der Waals surface area (Å²) in [6, 6.07) is 33.0. The van der Waals surface area contributed by atoms with Gasteiger partial charge in [0.05, 0.1) is 14.3 Å². The molecular formula is C34H31FIrN2SSi-2. The molecule has 0 aliphatic carbocycles. The Morgan fingerprint density at radius 3 is 2.23 bits per heavy atom. The Balaban J connectivity index is 0.000000192. The molecule has 0 saturated carbocycles. The average Bonchev–Trinajstić information content (AvgIpc) is 3.33. The number of halogens is 1. The first-order valence-electron chi connectivity index (χ1n) is 13.1. The smallest absolute Gasteiger partial charge is 0.143 e. The molecule has 0 unspecified atom stereocenters. The molecule has 0 aliphatic heterocycles. The van der Waals surface area contributed by atoms with Crippen LogP contribution in [0.5, 0.6) is 0 Å². The molecular weight excluding hydrogens is 708 g/mol. The Morgan fingerprint density at radius 2 is 1.55 bits per heavy atom. The monoisotopic (exact) mass is 739 g/mol. The van der Waals surface area contributed by atoms with Crippen LogP contribution < -0.4 is 5.19 Å². The maximum atomic E-state index is 13.9. The Bertz CT molecular complexity index is 1730. The number of hydrogen-bond acceptors (Lipinski definition) is 3. The van der Waals surface area contributed by atoms with Gasteiger partial charge in [-0.3, -0.25) is 0 Å². The zero-order chi connectivity index (χ0) is 27.6. The summed E-state index contributed by atoms with van der Waals surface area (Å²) in [6.07, 6.45) is 3.34. The van der Waals surface area contributed by atoms with Crippen molar-refractivity contribution in [2.75, 3.05) is 0 Å². The molecule has 2 nitrogen and oxygen atoms in total. The topological polar surface area (TPSA) is 25.8 Å². The minimum absolute atomic E-state index is 0. The van der Waals surface area contributed by atoms with Gasteiger partial charge in [0.2, 0.25) is 0 Å². The van der Waals surface area contributed by atoms with Crippen LogP contribution in [0.15, 0.2) is 91.3 Å². The molecule has 0 fully saturated rings. The van der Waals surface area contributed by atoms with Gasteiger partial charge in [0.25, 0.3) is 0 Å². The number of fused-ring (bicyclic) bond motifs is 3. The van der Waals surface area contributed by atoms with Crippen molar-refractivity contribution in [1.29, 1.82) is 0 Å². The average molecular weight is 739 g/mol. The van der Waals surface area contributed by atoms with E-state index in [1.54, 1.807) is 11.3 Å². The van der Waals surface area contributed by atoms with Gasteiger partial charge in [0, 0.05) is 31.0 Å². The van der Waals surface area contributed by atoms with Crippen molar-refractivity contribution in [2.24, 2.45) is 0 Å². The number of rotatable bonds is 4. The minimum atomic E-state index is -1.23. The molecule has 3 heterocycles. The van der Waals surface area contributed by atoms with E-state index in [1.807, 2.05) is 62.5 Å². The van der Waals surface area contributed by atoms with E-state index in [4.69, 9.17) is 0 Å². The van der Waals surface area contributed by atoms with Gasteiger partial charge >= 0.3 is 0 Å². The van der Waals surface area contributed by atoms with Gasteiger partial charge < -0.3 is 9.97 Å². The fraction of sp³-hybridized carbons (Fsp3) is 0.176. The standard InChI is InChI=1S/C20H15FNS.C14H16NSi.Ir/c1-12(2)16-10-18(22-11-17(16)21)15-8-5-7-14-13-6-3-4-9-19(13)23-20(14)15;1-16(2,3)13-9-10-14(15-11-13)12-7-5-4-6-8-12;/h3-7,9-12H,1-2H3;4-7,9-11H,1-3H3;/q2*-1;. The van der Waals surface area contributed by atoms with Crippen LogP contribution in [0.25, 0.3) is 42.7 Å². The molecule has 6 rings (SSSR count). The Kier molecular flexibility index (Phi) is 9.47. The van der Waals surface area contributed by atoms with Gasteiger partial charge in [-0.15, -0.1) is 59.7 Å². The van der Waals surface area contributed by atoms with E-state index >= 15 is 0 Å². The van der Waals surface area contributed by atoms with E-state index in [-0.39, 0.29) is 31.8 Å². The summed E-state index contributed by atoms with van der Waals surface area (Å²) in [6.45, 7) is 11.0. The normalized spacial score (nSPS) is 11.3. The fourth-order valence-corrected chi connectivity index (χ4v) is 6.71. The van der Waals surface area contributed by atoms with Crippen molar-refractivity contribution in [1.82, 2.24) is 9.97 Å². The first-order chi connectivity index (χ1) is 18.7. The van der Waals surface area contributed by atoms with Crippen LogP contribution in [0.1, 0.15) is 25.3 Å². The summed E-state index contributed by atoms with van der Waals surface area (Å²) < 4.78 is 16.3. The summed E-state index contributed by atoms with van der Waals surface area (Å²) >= 11 is 1.74. The van der Waals surface area contributed by atoms with Crippen molar-refractivity contribution < 1.29 is 24.5 Å². The zero-order valence-electron chi connectivity index (χ0n) is 23.3. The molecule has 6 aromatic rings. The van der Waals surface area contributed by atoms with E-state index in [2.05, 4.69) is 78.1 Å². The molecule has 3 aromatic carbocycles. The maximum absolute atomic E-state index is 13.9. The van der Waals surface area contributed by atoms with Gasteiger partial charge in [0.1, 0.15) is 5.82 Å². The van der Waals surface area contributed by atoms with Crippen molar-refractivity contribution >= 4 is 44.8 Å². The fourth-order valence-electron chi connectivity index (χ4n) is 4.46. The van der Waals surface area contributed by atoms with Crippen molar-refractivity contribution in [2.45, 2.75) is 39.4 Å². The second-order valence-electron chi connectivity index (χ2n) is 10.9. The molecule has 6 heteroatoms. The molecule has 0 bridgehead atoms. The number of hydrogen-bond donors (Lipinski definition) is 0. The van der Waals surface area contributed by atoms with Gasteiger partial charge in [-0.05, 0) is 44.2 Å². The first-order valence-corrected chi connectivity index (χ1v) is 17.5. The molecule has 3 aromatic heterocycles.